The van der Waals surface area contributed by atoms with Crippen LogP contribution in [-0.4, -0.2) is 40.8 Å². The van der Waals surface area contributed by atoms with Crippen molar-refractivity contribution in [1.29, 1.82) is 0 Å². The number of alkyl halides is 2. The molecule has 0 radical (unpaired) electrons. The molecule has 1 aromatic heterocycles. The Morgan fingerprint density at radius 1 is 1.14 bits per heavy atom. The van der Waals surface area contributed by atoms with Gasteiger partial charge in [-0.15, -0.1) is 0 Å². The van der Waals surface area contributed by atoms with Gasteiger partial charge >= 0.3 is 0 Å². The maximum absolute atomic E-state index is 15.0. The summed E-state index contributed by atoms with van der Waals surface area (Å²) in [5.41, 5.74) is 6.24. The Balaban J connectivity index is 1.56. The highest BCUT2D eigenvalue weighted by molar-refractivity contribution is 5.95. The van der Waals surface area contributed by atoms with Crippen LogP contribution in [0.3, 0.4) is 0 Å². The van der Waals surface area contributed by atoms with Crippen molar-refractivity contribution >= 4 is 11.7 Å². The van der Waals surface area contributed by atoms with E-state index in [0.29, 0.717) is 30.5 Å². The molecule has 4 N–H and O–H groups in total. The highest BCUT2D eigenvalue weighted by atomic mass is 19.3. The number of aliphatic hydroxyl groups excluding tert-OH is 1. The lowest BCUT2D eigenvalue weighted by molar-refractivity contribution is 0.0844. The average molecular weight is 504 g/mol. The summed E-state index contributed by atoms with van der Waals surface area (Å²) in [6.07, 6.45) is 0.206. The quantitative estimate of drug-likeness (QED) is 0.414. The molecule has 0 spiro atoms. The predicted octanol–water partition coefficient (Wildman–Crippen LogP) is 4.30. The second kappa shape index (κ2) is 11.0. The minimum atomic E-state index is -2.94. The van der Waals surface area contributed by atoms with Crippen molar-refractivity contribution < 1.29 is 32.2 Å². The minimum Gasteiger partial charge on any atom is -0.394 e. The predicted molar refractivity (Wildman–Crippen MR) is 123 cm³/mol. The van der Waals surface area contributed by atoms with Crippen molar-refractivity contribution in [2.24, 2.45) is 0 Å². The van der Waals surface area contributed by atoms with Crippen LogP contribution < -0.4 is 11.1 Å². The lowest BCUT2D eigenvalue weighted by atomic mass is 9.96. The first kappa shape index (κ1) is 25.5. The third-order valence-corrected chi connectivity index (χ3v) is 6.03. The Hall–Kier alpha value is -3.57. The first-order valence-electron chi connectivity index (χ1n) is 11.3. The van der Waals surface area contributed by atoms with Gasteiger partial charge in [0.05, 0.1) is 30.1 Å². The number of carbonyl (C=O) groups is 1. The second-order valence-corrected chi connectivity index (χ2v) is 8.44. The molecule has 2 aromatic carbocycles. The van der Waals surface area contributed by atoms with Crippen LogP contribution in [0.2, 0.25) is 0 Å². The summed E-state index contributed by atoms with van der Waals surface area (Å²) in [5, 5.41) is 12.0. The van der Waals surface area contributed by atoms with Gasteiger partial charge in [-0.3, -0.25) is 4.79 Å². The number of aromatic nitrogens is 2. The summed E-state index contributed by atoms with van der Waals surface area (Å²) in [4.78, 5) is 21.5. The molecule has 0 saturated carbocycles. The summed E-state index contributed by atoms with van der Waals surface area (Å²) < 4.78 is 60.2. The Labute approximate surface area is 204 Å². The van der Waals surface area contributed by atoms with E-state index < -0.39 is 42.2 Å². The van der Waals surface area contributed by atoms with Crippen LogP contribution in [0.25, 0.3) is 11.3 Å². The van der Waals surface area contributed by atoms with Crippen LogP contribution in [0.4, 0.5) is 23.4 Å². The first-order chi connectivity index (χ1) is 17.3. The number of nitrogens with two attached hydrogens (primary N) is 1. The van der Waals surface area contributed by atoms with Gasteiger partial charge in [0, 0.05) is 30.3 Å². The molecule has 190 valence electrons. The van der Waals surface area contributed by atoms with Gasteiger partial charge < -0.3 is 20.9 Å². The first-order valence-corrected chi connectivity index (χ1v) is 11.3. The molecule has 0 bridgehead atoms. The molecular weight excluding hydrogens is 480 g/mol. The standard InChI is InChI=1S/C25H24F4N4O3/c26-17-8-15(7-16(9-17)23(28)29)21(12-34)33-25(35)18-2-1-14(10-19(18)27)22-24(30)31-11-20(32-22)13-3-5-36-6-4-13/h1-2,7-11,13,21,23,34H,3-6,12H2,(H2,30,31)(H,33,35)/t21-/m1/s1. The number of rotatable bonds is 7. The largest absolute Gasteiger partial charge is 0.394 e. The molecule has 7 nitrogen and oxygen atoms in total. The number of hydrogen-bond donors (Lipinski definition) is 3. The van der Waals surface area contributed by atoms with Crippen LogP contribution in [0.15, 0.2) is 42.6 Å². The fraction of sp³-hybridized carbons (Fsp3) is 0.320. The minimum absolute atomic E-state index is 0.0776. The van der Waals surface area contributed by atoms with E-state index in [4.69, 9.17) is 10.5 Å². The number of aliphatic hydroxyl groups is 1. The van der Waals surface area contributed by atoms with Gasteiger partial charge in [-0.25, -0.2) is 27.5 Å². The number of carbonyl (C=O) groups excluding carboxylic acids is 1. The smallest absolute Gasteiger partial charge is 0.263 e. The van der Waals surface area contributed by atoms with Gasteiger partial charge in [0.1, 0.15) is 23.1 Å². The third kappa shape index (κ3) is 5.63. The van der Waals surface area contributed by atoms with Crippen LogP contribution in [0.5, 0.6) is 0 Å². The van der Waals surface area contributed by atoms with E-state index in [1.807, 2.05) is 0 Å². The normalized spacial score (nSPS) is 15.2. The van der Waals surface area contributed by atoms with Crippen molar-refractivity contribution in [3.63, 3.8) is 0 Å². The summed E-state index contributed by atoms with van der Waals surface area (Å²) in [7, 11) is 0. The number of amides is 1. The summed E-state index contributed by atoms with van der Waals surface area (Å²) in [6.45, 7) is 0.499. The Bertz CT molecular complexity index is 1250. The van der Waals surface area contributed by atoms with Crippen molar-refractivity contribution in [3.8, 4) is 11.3 Å². The molecule has 1 amide bonds. The Kier molecular flexibility index (Phi) is 7.80. The molecular formula is C25H24F4N4O3. The van der Waals surface area contributed by atoms with Gasteiger partial charge in [-0.05, 0) is 48.7 Å². The topological polar surface area (TPSA) is 110 Å². The summed E-state index contributed by atoms with van der Waals surface area (Å²) in [5.74, 6) is -2.52. The van der Waals surface area contributed by atoms with Crippen molar-refractivity contribution in [1.82, 2.24) is 15.3 Å². The SMILES string of the molecule is Nc1ncc(C2CCOCC2)nc1-c1ccc(C(=O)N[C@H](CO)c2cc(F)cc(C(F)F)c2)c(F)c1. The highest BCUT2D eigenvalue weighted by Gasteiger charge is 2.23. The van der Waals surface area contributed by atoms with E-state index >= 15 is 0 Å². The molecule has 36 heavy (non-hydrogen) atoms. The number of halogens is 4. The van der Waals surface area contributed by atoms with Crippen LogP contribution >= 0.6 is 0 Å². The molecule has 2 heterocycles. The number of nitrogens with zero attached hydrogens (tertiary/aromatic N) is 2. The molecule has 0 aliphatic carbocycles. The lowest BCUT2D eigenvalue weighted by Gasteiger charge is -2.22. The van der Waals surface area contributed by atoms with Gasteiger partial charge in [-0.2, -0.15) is 0 Å². The fourth-order valence-electron chi connectivity index (χ4n) is 4.09. The van der Waals surface area contributed by atoms with E-state index in [1.165, 1.54) is 12.1 Å². The van der Waals surface area contributed by atoms with Gasteiger partial charge in [0.15, 0.2) is 0 Å². The number of hydrogen-bond acceptors (Lipinski definition) is 6. The number of benzene rings is 2. The van der Waals surface area contributed by atoms with E-state index in [2.05, 4.69) is 15.3 Å². The maximum atomic E-state index is 15.0. The van der Waals surface area contributed by atoms with Crippen LogP contribution in [0.1, 0.15) is 58.4 Å². The number of anilines is 1. The summed E-state index contributed by atoms with van der Waals surface area (Å²) >= 11 is 0. The molecule has 4 rings (SSSR count). The van der Waals surface area contributed by atoms with Crippen molar-refractivity contribution in [2.75, 3.05) is 25.6 Å². The molecule has 11 heteroatoms. The van der Waals surface area contributed by atoms with Crippen LogP contribution in [-0.2, 0) is 4.74 Å². The zero-order valence-electron chi connectivity index (χ0n) is 19.1. The fourth-order valence-corrected chi connectivity index (χ4v) is 4.09. The van der Waals surface area contributed by atoms with Crippen molar-refractivity contribution in [3.05, 3.63) is 76.6 Å². The Morgan fingerprint density at radius 2 is 1.86 bits per heavy atom. The maximum Gasteiger partial charge on any atom is 0.263 e. The third-order valence-electron chi connectivity index (χ3n) is 6.03. The number of nitrogens with one attached hydrogen (secondary N) is 1. The molecule has 1 aliphatic rings. The molecule has 1 fully saturated rings. The van der Waals surface area contributed by atoms with Gasteiger partial charge in [-0.1, -0.05) is 6.07 Å². The van der Waals surface area contributed by atoms with Crippen LogP contribution in [0, 0.1) is 11.6 Å². The monoisotopic (exact) mass is 504 g/mol. The second-order valence-electron chi connectivity index (χ2n) is 8.44. The van der Waals surface area contributed by atoms with E-state index in [1.54, 1.807) is 6.20 Å². The van der Waals surface area contributed by atoms with Crippen molar-refractivity contribution in [2.45, 2.75) is 31.2 Å². The summed E-state index contributed by atoms with van der Waals surface area (Å²) in [6, 6.07) is 5.08. The van der Waals surface area contributed by atoms with E-state index in [-0.39, 0.29) is 28.6 Å². The number of nitrogen functional groups attached to an aromatic ring is 1. The highest BCUT2D eigenvalue weighted by Crippen LogP contribution is 2.30. The molecule has 1 saturated heterocycles. The molecule has 1 atom stereocenters. The van der Waals surface area contributed by atoms with E-state index in [9.17, 15) is 27.5 Å². The van der Waals surface area contributed by atoms with Gasteiger partial charge in [0.2, 0.25) is 0 Å². The molecule has 3 aromatic rings. The zero-order valence-corrected chi connectivity index (χ0v) is 19.1. The molecule has 1 aliphatic heterocycles. The Morgan fingerprint density at radius 3 is 2.53 bits per heavy atom. The number of ether oxygens (including phenoxy) is 1. The van der Waals surface area contributed by atoms with Gasteiger partial charge in [0.25, 0.3) is 12.3 Å². The molecule has 0 unspecified atom stereocenters. The average Bonchev–Trinajstić information content (AvgIpc) is 2.87. The lowest BCUT2D eigenvalue weighted by Crippen LogP contribution is -2.31. The zero-order chi connectivity index (χ0) is 25.8. The van der Waals surface area contributed by atoms with E-state index in [0.717, 1.165) is 31.0 Å².